The number of halogens is 1. The summed E-state index contributed by atoms with van der Waals surface area (Å²) < 4.78 is 18.4. The summed E-state index contributed by atoms with van der Waals surface area (Å²) in [6.07, 6.45) is 3.19. The SMILES string of the molecule is O=c1cc(CNCc2nc(-c3ncccn3)no2)[nH]c2ccc(F)cc12. The maximum absolute atomic E-state index is 13.2. The fraction of sp³-hybridized carbons (Fsp3) is 0.118. The zero-order valence-electron chi connectivity index (χ0n) is 13.4. The number of H-pyrrole nitrogens is 1. The highest BCUT2D eigenvalue weighted by molar-refractivity contribution is 5.78. The average molecular weight is 352 g/mol. The molecule has 8 nitrogen and oxygen atoms in total. The van der Waals surface area contributed by atoms with Crippen LogP contribution in [0.15, 0.2) is 52.0 Å². The van der Waals surface area contributed by atoms with Crippen molar-refractivity contribution < 1.29 is 8.91 Å². The lowest BCUT2D eigenvalue weighted by Crippen LogP contribution is -2.16. The van der Waals surface area contributed by atoms with Gasteiger partial charge in [0.15, 0.2) is 5.43 Å². The number of rotatable bonds is 5. The molecule has 26 heavy (non-hydrogen) atoms. The van der Waals surface area contributed by atoms with E-state index in [1.54, 1.807) is 24.5 Å². The van der Waals surface area contributed by atoms with Crippen LogP contribution in [0.5, 0.6) is 0 Å². The molecule has 4 rings (SSSR count). The topological polar surface area (TPSA) is 110 Å². The van der Waals surface area contributed by atoms with Crippen LogP contribution in [0.1, 0.15) is 11.6 Å². The highest BCUT2D eigenvalue weighted by Crippen LogP contribution is 2.11. The van der Waals surface area contributed by atoms with E-state index in [-0.39, 0.29) is 5.43 Å². The van der Waals surface area contributed by atoms with Crippen LogP contribution in [-0.2, 0) is 13.1 Å². The number of aromatic amines is 1. The molecule has 0 amide bonds. The fourth-order valence-corrected chi connectivity index (χ4v) is 2.51. The van der Waals surface area contributed by atoms with Crippen LogP contribution in [-0.4, -0.2) is 25.1 Å². The Morgan fingerprint density at radius 3 is 2.81 bits per heavy atom. The van der Waals surface area contributed by atoms with Gasteiger partial charge in [0, 0.05) is 41.6 Å². The molecule has 3 heterocycles. The summed E-state index contributed by atoms with van der Waals surface area (Å²) in [7, 11) is 0. The second-order valence-electron chi connectivity index (χ2n) is 5.54. The van der Waals surface area contributed by atoms with Crippen LogP contribution in [0.25, 0.3) is 22.6 Å². The minimum atomic E-state index is -0.441. The predicted molar refractivity (Wildman–Crippen MR) is 90.4 cm³/mol. The molecule has 0 spiro atoms. The molecule has 0 unspecified atom stereocenters. The first-order chi connectivity index (χ1) is 12.7. The maximum atomic E-state index is 13.2. The van der Waals surface area contributed by atoms with Gasteiger partial charge in [0.25, 0.3) is 0 Å². The normalized spacial score (nSPS) is 11.1. The van der Waals surface area contributed by atoms with Gasteiger partial charge in [0.1, 0.15) is 5.82 Å². The van der Waals surface area contributed by atoms with Gasteiger partial charge in [-0.25, -0.2) is 14.4 Å². The second-order valence-corrected chi connectivity index (χ2v) is 5.54. The average Bonchev–Trinajstić information content (AvgIpc) is 3.12. The predicted octanol–water partition coefficient (Wildman–Crippen LogP) is 1.80. The van der Waals surface area contributed by atoms with E-state index in [0.717, 1.165) is 0 Å². The lowest BCUT2D eigenvalue weighted by atomic mass is 10.2. The van der Waals surface area contributed by atoms with Crippen LogP contribution in [0.2, 0.25) is 0 Å². The Hall–Kier alpha value is -3.46. The molecule has 2 N–H and O–H groups in total. The third-order valence-corrected chi connectivity index (χ3v) is 3.67. The number of fused-ring (bicyclic) bond motifs is 1. The number of nitrogens with zero attached hydrogens (tertiary/aromatic N) is 4. The van der Waals surface area contributed by atoms with Crippen LogP contribution in [0, 0.1) is 5.82 Å². The smallest absolute Gasteiger partial charge is 0.241 e. The van der Waals surface area contributed by atoms with Crippen molar-refractivity contribution >= 4 is 10.9 Å². The van der Waals surface area contributed by atoms with Gasteiger partial charge >= 0.3 is 0 Å². The third kappa shape index (κ3) is 3.33. The van der Waals surface area contributed by atoms with E-state index in [2.05, 4.69) is 30.4 Å². The summed E-state index contributed by atoms with van der Waals surface area (Å²) in [6.45, 7) is 0.686. The summed E-state index contributed by atoms with van der Waals surface area (Å²) in [5.74, 6) is 0.623. The van der Waals surface area contributed by atoms with Crippen molar-refractivity contribution in [3.8, 4) is 11.6 Å². The molecule has 4 aromatic rings. The summed E-state index contributed by atoms with van der Waals surface area (Å²) in [5, 5.41) is 7.25. The van der Waals surface area contributed by atoms with Crippen molar-refractivity contribution in [1.82, 2.24) is 30.4 Å². The van der Waals surface area contributed by atoms with Gasteiger partial charge in [-0.05, 0) is 24.3 Å². The summed E-state index contributed by atoms with van der Waals surface area (Å²) in [6, 6.07) is 7.20. The number of aromatic nitrogens is 5. The first kappa shape index (κ1) is 16.0. The molecule has 0 atom stereocenters. The quantitative estimate of drug-likeness (QED) is 0.563. The lowest BCUT2D eigenvalue weighted by molar-refractivity contribution is 0.367. The Morgan fingerprint density at radius 2 is 1.96 bits per heavy atom. The van der Waals surface area contributed by atoms with Crippen molar-refractivity contribution in [2.45, 2.75) is 13.1 Å². The highest BCUT2D eigenvalue weighted by Gasteiger charge is 2.10. The Balaban J connectivity index is 1.44. The first-order valence-electron chi connectivity index (χ1n) is 7.81. The van der Waals surface area contributed by atoms with E-state index in [1.165, 1.54) is 18.2 Å². The molecule has 3 aromatic heterocycles. The van der Waals surface area contributed by atoms with Gasteiger partial charge in [-0.3, -0.25) is 4.79 Å². The number of hydrogen-bond acceptors (Lipinski definition) is 7. The van der Waals surface area contributed by atoms with E-state index >= 15 is 0 Å². The molecular weight excluding hydrogens is 339 g/mol. The molecule has 0 saturated carbocycles. The van der Waals surface area contributed by atoms with Crippen LogP contribution in [0.3, 0.4) is 0 Å². The molecule has 0 saturated heterocycles. The van der Waals surface area contributed by atoms with Crippen LogP contribution in [0.4, 0.5) is 4.39 Å². The van der Waals surface area contributed by atoms with Gasteiger partial charge in [0.05, 0.1) is 6.54 Å². The lowest BCUT2D eigenvalue weighted by Gasteiger charge is -2.05. The first-order valence-corrected chi connectivity index (χ1v) is 7.81. The van der Waals surface area contributed by atoms with Gasteiger partial charge in [-0.15, -0.1) is 0 Å². The van der Waals surface area contributed by atoms with E-state index in [9.17, 15) is 9.18 Å². The molecule has 130 valence electrons. The standard InChI is InChI=1S/C17H13FN6O2/c18-10-2-3-13-12(6-10)14(25)7-11(22-13)8-19-9-15-23-17(24-26-15)16-20-4-1-5-21-16/h1-7,19H,8-9H2,(H,22,25). The van der Waals surface area contributed by atoms with Gasteiger partial charge in [-0.2, -0.15) is 4.98 Å². The van der Waals surface area contributed by atoms with E-state index in [4.69, 9.17) is 4.52 Å². The molecule has 0 aliphatic carbocycles. The largest absolute Gasteiger partial charge is 0.357 e. The molecule has 9 heteroatoms. The van der Waals surface area contributed by atoms with Crippen molar-refractivity contribution in [1.29, 1.82) is 0 Å². The number of pyridine rings is 1. The Morgan fingerprint density at radius 1 is 1.12 bits per heavy atom. The molecule has 0 bridgehead atoms. The summed E-state index contributed by atoms with van der Waals surface area (Å²) in [4.78, 5) is 27.5. The van der Waals surface area contributed by atoms with Gasteiger partial charge in [0.2, 0.25) is 17.5 Å². The number of benzene rings is 1. The number of hydrogen-bond donors (Lipinski definition) is 2. The van der Waals surface area contributed by atoms with E-state index < -0.39 is 5.82 Å². The maximum Gasteiger partial charge on any atom is 0.241 e. The van der Waals surface area contributed by atoms with Crippen LogP contribution >= 0.6 is 0 Å². The van der Waals surface area contributed by atoms with Crippen molar-refractivity contribution in [3.63, 3.8) is 0 Å². The van der Waals surface area contributed by atoms with Crippen molar-refractivity contribution in [2.75, 3.05) is 0 Å². The van der Waals surface area contributed by atoms with Gasteiger partial charge < -0.3 is 14.8 Å². The fourth-order valence-electron chi connectivity index (χ4n) is 2.51. The molecule has 0 fully saturated rings. The summed E-state index contributed by atoms with van der Waals surface area (Å²) in [5.41, 5.74) is 1.01. The Kier molecular flexibility index (Phi) is 4.20. The van der Waals surface area contributed by atoms with Gasteiger partial charge in [-0.1, -0.05) is 5.16 Å². The zero-order chi connectivity index (χ0) is 17.9. The molecule has 0 radical (unpaired) electrons. The van der Waals surface area contributed by atoms with Crippen molar-refractivity contribution in [2.24, 2.45) is 0 Å². The monoisotopic (exact) mass is 352 g/mol. The third-order valence-electron chi connectivity index (χ3n) is 3.67. The van der Waals surface area contributed by atoms with E-state index in [1.807, 2.05) is 0 Å². The summed E-state index contributed by atoms with van der Waals surface area (Å²) >= 11 is 0. The molecule has 1 aromatic carbocycles. The minimum absolute atomic E-state index is 0.239. The van der Waals surface area contributed by atoms with Crippen molar-refractivity contribution in [3.05, 3.63) is 70.4 Å². The zero-order valence-corrected chi connectivity index (χ0v) is 13.4. The minimum Gasteiger partial charge on any atom is -0.357 e. The highest BCUT2D eigenvalue weighted by atomic mass is 19.1. The molecular formula is C17H13FN6O2. The van der Waals surface area contributed by atoms with Crippen LogP contribution < -0.4 is 10.7 Å². The van der Waals surface area contributed by atoms with E-state index in [0.29, 0.717) is 47.2 Å². The Bertz CT molecular complexity index is 1110. The second kappa shape index (κ2) is 6.81. The Labute approximate surface area is 146 Å². The molecule has 0 aliphatic heterocycles. The molecule has 0 aliphatic rings. The number of nitrogens with one attached hydrogen (secondary N) is 2.